The van der Waals surface area contributed by atoms with Gasteiger partial charge in [-0.3, -0.25) is 14.9 Å². The first-order chi connectivity index (χ1) is 19.2. The highest BCUT2D eigenvalue weighted by Gasteiger charge is 2.31. The molecule has 3 heterocycles. The number of fused-ring (bicyclic) bond motifs is 1. The summed E-state index contributed by atoms with van der Waals surface area (Å²) in [5, 5.41) is 9.43. The van der Waals surface area contributed by atoms with E-state index in [-0.39, 0.29) is 23.5 Å². The van der Waals surface area contributed by atoms with Crippen molar-refractivity contribution < 1.29 is 14.0 Å². The number of carbonyl (C=O) groups excluding carboxylic acids is 2. The average molecular weight is 558 g/mol. The van der Waals surface area contributed by atoms with E-state index in [1.165, 1.54) is 6.20 Å². The van der Waals surface area contributed by atoms with E-state index in [0.717, 1.165) is 0 Å². The third-order valence-electron chi connectivity index (χ3n) is 6.71. The number of nitrogens with two attached hydrogens (primary N) is 1. The second-order valence-corrected chi connectivity index (χ2v) is 9.87. The number of nitrogens with zero attached hydrogens (tertiary/aromatic N) is 3. The number of ketones is 1. The summed E-state index contributed by atoms with van der Waals surface area (Å²) in [5.74, 6) is -0.0166. The first kappa shape index (κ1) is 26.9. The molecular formula is C29H28ClN7O3. The van der Waals surface area contributed by atoms with Gasteiger partial charge in [-0.2, -0.15) is 4.98 Å². The lowest BCUT2D eigenvalue weighted by Crippen LogP contribution is -2.37. The Kier molecular flexibility index (Phi) is 7.52. The summed E-state index contributed by atoms with van der Waals surface area (Å²) in [4.78, 5) is 39.8. The Morgan fingerprint density at radius 2 is 1.98 bits per heavy atom. The van der Waals surface area contributed by atoms with Gasteiger partial charge in [0.1, 0.15) is 17.4 Å². The molecule has 204 valence electrons. The van der Waals surface area contributed by atoms with Crippen molar-refractivity contribution in [1.82, 2.24) is 15.3 Å². The number of guanidine groups is 1. The highest BCUT2D eigenvalue weighted by atomic mass is 35.5. The number of Topliss-reactive ketones (excluding diaryl/α,β-unsaturated/α-hetero) is 1. The molecule has 10 nitrogen and oxygen atoms in total. The van der Waals surface area contributed by atoms with Crippen LogP contribution in [0.15, 0.2) is 81.5 Å². The topological polar surface area (TPSA) is 148 Å². The van der Waals surface area contributed by atoms with E-state index >= 15 is 0 Å². The number of nitrogens with one attached hydrogen (secondary N) is 3. The predicted octanol–water partition coefficient (Wildman–Crippen LogP) is 5.71. The predicted molar refractivity (Wildman–Crippen MR) is 156 cm³/mol. The molecular weight excluding hydrogens is 530 g/mol. The van der Waals surface area contributed by atoms with Crippen LogP contribution in [0, 0.1) is 5.92 Å². The van der Waals surface area contributed by atoms with Gasteiger partial charge in [0, 0.05) is 34.0 Å². The van der Waals surface area contributed by atoms with Crippen LogP contribution in [-0.4, -0.2) is 27.6 Å². The first-order valence-electron chi connectivity index (χ1n) is 12.8. The Hall–Kier alpha value is -4.70. The van der Waals surface area contributed by atoms with E-state index < -0.39 is 11.9 Å². The molecule has 0 radical (unpaired) electrons. The number of oxazole rings is 1. The zero-order valence-corrected chi connectivity index (χ0v) is 22.9. The van der Waals surface area contributed by atoms with E-state index in [4.69, 9.17) is 26.7 Å². The normalized spacial score (nSPS) is 15.8. The fraction of sp³-hybridized carbons (Fsp3) is 0.207. The quantitative estimate of drug-likeness (QED) is 0.167. The van der Waals surface area contributed by atoms with Gasteiger partial charge in [-0.25, -0.2) is 9.98 Å². The number of aliphatic imine (C=N–C) groups is 1. The zero-order valence-electron chi connectivity index (χ0n) is 22.2. The molecule has 0 spiro atoms. The van der Waals surface area contributed by atoms with Crippen LogP contribution in [-0.2, 0) is 4.79 Å². The molecule has 0 aliphatic carbocycles. The van der Waals surface area contributed by atoms with E-state index in [1.807, 2.05) is 26.0 Å². The second kappa shape index (κ2) is 11.2. The summed E-state index contributed by atoms with van der Waals surface area (Å²) >= 11 is 6.55. The summed E-state index contributed by atoms with van der Waals surface area (Å²) in [5.41, 5.74) is 9.53. The van der Waals surface area contributed by atoms with Gasteiger partial charge in [0.05, 0.1) is 11.3 Å². The Morgan fingerprint density at radius 1 is 1.18 bits per heavy atom. The van der Waals surface area contributed by atoms with Gasteiger partial charge in [0.2, 0.25) is 5.96 Å². The van der Waals surface area contributed by atoms with Gasteiger partial charge in [-0.15, -0.1) is 0 Å². The summed E-state index contributed by atoms with van der Waals surface area (Å²) in [6.45, 7) is 5.59. The maximum Gasteiger partial charge on any atom is 0.302 e. The van der Waals surface area contributed by atoms with Gasteiger partial charge >= 0.3 is 6.01 Å². The van der Waals surface area contributed by atoms with Crippen LogP contribution in [0.2, 0.25) is 5.02 Å². The molecule has 5 rings (SSSR count). The van der Waals surface area contributed by atoms with Crippen molar-refractivity contribution in [3.05, 3.63) is 88.2 Å². The standard InChI is InChI=1S/C29H28ClN7O3/c1-4-15(2)26(38)17-12-13-32-22(14-17)34-27(39)23-16(3)33-28(35-24(23)18-8-5-6-9-19(18)30)37-29-36-25-20(31)10-7-11-21(25)40-29/h5-15,24H,4,31H2,1-3H3,(H,32,34,39)(H2,33,35,36,37). The summed E-state index contributed by atoms with van der Waals surface area (Å²) in [7, 11) is 0. The molecule has 2 unspecified atom stereocenters. The number of amides is 1. The van der Waals surface area contributed by atoms with E-state index in [1.54, 1.807) is 49.4 Å². The monoisotopic (exact) mass is 557 g/mol. The molecule has 2 aromatic heterocycles. The number of pyridine rings is 1. The van der Waals surface area contributed by atoms with Crippen LogP contribution in [0.3, 0.4) is 0 Å². The number of hydrogen-bond acceptors (Lipinski definition) is 9. The van der Waals surface area contributed by atoms with Crippen molar-refractivity contribution in [2.75, 3.05) is 16.4 Å². The van der Waals surface area contributed by atoms with E-state index in [0.29, 0.717) is 56.6 Å². The largest absolute Gasteiger partial charge is 0.423 e. The second-order valence-electron chi connectivity index (χ2n) is 9.46. The molecule has 0 saturated carbocycles. The molecule has 2 atom stereocenters. The summed E-state index contributed by atoms with van der Waals surface area (Å²) in [6, 6.07) is 15.1. The lowest BCUT2D eigenvalue weighted by molar-refractivity contribution is -0.113. The highest BCUT2D eigenvalue weighted by molar-refractivity contribution is 6.31. The van der Waals surface area contributed by atoms with Crippen molar-refractivity contribution in [1.29, 1.82) is 0 Å². The molecule has 40 heavy (non-hydrogen) atoms. The van der Waals surface area contributed by atoms with Crippen LogP contribution in [0.4, 0.5) is 17.5 Å². The summed E-state index contributed by atoms with van der Waals surface area (Å²) in [6.07, 6.45) is 2.22. The number of allylic oxidation sites excluding steroid dienone is 1. The van der Waals surface area contributed by atoms with Crippen molar-refractivity contribution in [3.63, 3.8) is 0 Å². The van der Waals surface area contributed by atoms with Gasteiger partial charge < -0.3 is 20.8 Å². The minimum atomic E-state index is -0.767. The Bertz CT molecular complexity index is 1680. The molecule has 1 aliphatic heterocycles. The number of carbonyl (C=O) groups is 2. The minimum Gasteiger partial charge on any atom is -0.423 e. The van der Waals surface area contributed by atoms with Gasteiger partial charge in [-0.05, 0) is 43.7 Å². The van der Waals surface area contributed by atoms with Gasteiger partial charge in [0.15, 0.2) is 11.4 Å². The number of anilines is 3. The highest BCUT2D eigenvalue weighted by Crippen LogP contribution is 2.35. The number of rotatable bonds is 7. The molecule has 0 bridgehead atoms. The molecule has 0 saturated heterocycles. The molecule has 5 N–H and O–H groups in total. The van der Waals surface area contributed by atoms with Crippen LogP contribution in [0.1, 0.15) is 49.2 Å². The van der Waals surface area contributed by atoms with Crippen molar-refractivity contribution in [2.45, 2.75) is 33.2 Å². The van der Waals surface area contributed by atoms with Gasteiger partial charge in [-0.1, -0.05) is 49.7 Å². The number of hydrogen-bond donors (Lipinski definition) is 4. The van der Waals surface area contributed by atoms with Crippen LogP contribution < -0.4 is 21.7 Å². The molecule has 0 fully saturated rings. The van der Waals surface area contributed by atoms with Crippen molar-refractivity contribution in [3.8, 4) is 0 Å². The zero-order chi connectivity index (χ0) is 28.4. The molecule has 11 heteroatoms. The smallest absolute Gasteiger partial charge is 0.302 e. The number of aromatic nitrogens is 2. The van der Waals surface area contributed by atoms with E-state index in [2.05, 4.69) is 25.9 Å². The van der Waals surface area contributed by atoms with Crippen LogP contribution >= 0.6 is 11.6 Å². The Balaban J connectivity index is 1.46. The summed E-state index contributed by atoms with van der Waals surface area (Å²) < 4.78 is 5.78. The number of para-hydroxylation sites is 1. The van der Waals surface area contributed by atoms with Crippen molar-refractivity contribution >= 4 is 57.9 Å². The molecule has 1 amide bonds. The first-order valence-corrected chi connectivity index (χ1v) is 13.2. The minimum absolute atomic E-state index is 0.00894. The third-order valence-corrected chi connectivity index (χ3v) is 7.05. The molecule has 2 aromatic carbocycles. The van der Waals surface area contributed by atoms with Gasteiger partial charge in [0.25, 0.3) is 5.91 Å². The SMILES string of the molecule is CCC(C)C(=O)c1ccnc(NC(=O)C2=C(C)NC(Nc3nc4c(N)cccc4o3)=NC2c2ccccc2Cl)c1. The number of benzene rings is 2. The number of halogens is 1. The average Bonchev–Trinajstić information content (AvgIpc) is 3.36. The fourth-order valence-corrected chi connectivity index (χ4v) is 4.63. The van der Waals surface area contributed by atoms with Crippen LogP contribution in [0.5, 0.6) is 0 Å². The maximum absolute atomic E-state index is 13.7. The maximum atomic E-state index is 13.7. The van der Waals surface area contributed by atoms with E-state index in [9.17, 15) is 9.59 Å². The van der Waals surface area contributed by atoms with Crippen LogP contribution in [0.25, 0.3) is 11.1 Å². The third kappa shape index (κ3) is 5.39. The Morgan fingerprint density at radius 3 is 2.73 bits per heavy atom. The lowest BCUT2D eigenvalue weighted by Gasteiger charge is -2.27. The molecule has 4 aromatic rings. The number of nitrogen functional groups attached to an aromatic ring is 1. The molecule has 1 aliphatic rings. The Labute approximate surface area is 235 Å². The lowest BCUT2D eigenvalue weighted by atomic mass is 9.95. The fourth-order valence-electron chi connectivity index (χ4n) is 4.39. The van der Waals surface area contributed by atoms with Crippen molar-refractivity contribution in [2.24, 2.45) is 10.9 Å².